The van der Waals surface area contributed by atoms with Crippen molar-refractivity contribution in [2.24, 2.45) is 0 Å². The Morgan fingerprint density at radius 3 is 2.25 bits per heavy atom. The SMILES string of the molecule is [c]1ccc2cc(-c3ccccc3)c3ccccc3c2c1. The first-order chi connectivity index (χ1) is 9.93. The zero-order valence-corrected chi connectivity index (χ0v) is 11.0. The average Bonchev–Trinajstić information content (AvgIpc) is 2.55. The van der Waals surface area contributed by atoms with Crippen LogP contribution in [0.2, 0.25) is 0 Å². The molecule has 4 aromatic rings. The largest absolute Gasteiger partial charge is 0.0622 e. The van der Waals surface area contributed by atoms with Crippen molar-refractivity contribution in [2.45, 2.75) is 0 Å². The van der Waals surface area contributed by atoms with Gasteiger partial charge in [-0.3, -0.25) is 0 Å². The van der Waals surface area contributed by atoms with E-state index in [0.29, 0.717) is 0 Å². The van der Waals surface area contributed by atoms with Crippen molar-refractivity contribution < 1.29 is 0 Å². The van der Waals surface area contributed by atoms with Crippen molar-refractivity contribution in [1.29, 1.82) is 0 Å². The monoisotopic (exact) mass is 253 g/mol. The summed E-state index contributed by atoms with van der Waals surface area (Å²) in [4.78, 5) is 0. The molecule has 0 unspecified atom stereocenters. The standard InChI is InChI=1S/C20H13/c1-2-8-15(9-3-1)20-14-16-10-4-5-11-17(16)18-12-6-7-13-19(18)20/h1-4,6-14H. The first-order valence-electron chi connectivity index (χ1n) is 6.80. The van der Waals surface area contributed by atoms with Gasteiger partial charge in [0.15, 0.2) is 0 Å². The molecular weight excluding hydrogens is 240 g/mol. The van der Waals surface area contributed by atoms with Gasteiger partial charge in [-0.2, -0.15) is 0 Å². The maximum absolute atomic E-state index is 3.19. The molecule has 0 aliphatic rings. The van der Waals surface area contributed by atoms with E-state index >= 15 is 0 Å². The van der Waals surface area contributed by atoms with Crippen molar-refractivity contribution in [3.05, 3.63) is 84.9 Å². The highest BCUT2D eigenvalue weighted by Crippen LogP contribution is 2.34. The number of hydrogen-bond donors (Lipinski definition) is 0. The highest BCUT2D eigenvalue weighted by Gasteiger charge is 2.07. The molecule has 0 aromatic heterocycles. The second-order valence-electron chi connectivity index (χ2n) is 4.98. The fourth-order valence-electron chi connectivity index (χ4n) is 2.84. The predicted octanol–water partition coefficient (Wildman–Crippen LogP) is 5.46. The molecule has 0 spiro atoms. The summed E-state index contributed by atoms with van der Waals surface area (Å²) >= 11 is 0. The van der Waals surface area contributed by atoms with Crippen LogP contribution >= 0.6 is 0 Å². The van der Waals surface area contributed by atoms with Gasteiger partial charge in [0.05, 0.1) is 0 Å². The molecule has 0 amide bonds. The van der Waals surface area contributed by atoms with E-state index in [9.17, 15) is 0 Å². The summed E-state index contributed by atoms with van der Waals surface area (Å²) in [7, 11) is 0. The normalized spacial score (nSPS) is 11.0. The predicted molar refractivity (Wildman–Crippen MR) is 85.7 cm³/mol. The van der Waals surface area contributed by atoms with Gasteiger partial charge in [-0.25, -0.2) is 0 Å². The zero-order chi connectivity index (χ0) is 13.4. The molecule has 0 aliphatic carbocycles. The molecule has 4 rings (SSSR count). The van der Waals surface area contributed by atoms with Gasteiger partial charge in [0.25, 0.3) is 0 Å². The third-order valence-corrected chi connectivity index (χ3v) is 3.79. The Bertz CT molecular complexity index is 889. The molecule has 0 saturated carbocycles. The van der Waals surface area contributed by atoms with E-state index < -0.39 is 0 Å². The third-order valence-electron chi connectivity index (χ3n) is 3.79. The van der Waals surface area contributed by atoms with Gasteiger partial charge >= 0.3 is 0 Å². The van der Waals surface area contributed by atoms with E-state index in [1.54, 1.807) is 0 Å². The minimum atomic E-state index is 1.26. The van der Waals surface area contributed by atoms with E-state index in [-0.39, 0.29) is 0 Å². The van der Waals surface area contributed by atoms with Gasteiger partial charge in [-0.15, -0.1) is 0 Å². The number of fused-ring (bicyclic) bond motifs is 3. The van der Waals surface area contributed by atoms with Crippen LogP contribution in [-0.4, -0.2) is 0 Å². The lowest BCUT2D eigenvalue weighted by Crippen LogP contribution is -1.84. The quantitative estimate of drug-likeness (QED) is 0.395. The Morgan fingerprint density at radius 2 is 1.40 bits per heavy atom. The van der Waals surface area contributed by atoms with Gasteiger partial charge < -0.3 is 0 Å². The molecule has 0 atom stereocenters. The minimum absolute atomic E-state index is 1.26. The van der Waals surface area contributed by atoms with Crippen LogP contribution in [0.15, 0.2) is 78.9 Å². The highest BCUT2D eigenvalue weighted by atomic mass is 14.1. The number of benzene rings is 4. The molecule has 0 fully saturated rings. The molecule has 0 heterocycles. The zero-order valence-electron chi connectivity index (χ0n) is 11.0. The molecule has 0 aliphatic heterocycles. The van der Waals surface area contributed by atoms with Crippen LogP contribution in [0.4, 0.5) is 0 Å². The fraction of sp³-hybridized carbons (Fsp3) is 0. The molecule has 93 valence electrons. The Labute approximate surface area is 118 Å². The Morgan fingerprint density at radius 1 is 0.650 bits per heavy atom. The molecule has 20 heavy (non-hydrogen) atoms. The summed E-state index contributed by atoms with van der Waals surface area (Å²) in [5.41, 5.74) is 2.55. The summed E-state index contributed by atoms with van der Waals surface area (Å²) in [6.45, 7) is 0. The lowest BCUT2D eigenvalue weighted by Gasteiger charge is -2.10. The summed E-state index contributed by atoms with van der Waals surface area (Å²) in [6, 6.07) is 30.8. The summed E-state index contributed by atoms with van der Waals surface area (Å²) in [5.74, 6) is 0. The summed E-state index contributed by atoms with van der Waals surface area (Å²) < 4.78 is 0. The van der Waals surface area contributed by atoms with Crippen molar-refractivity contribution in [1.82, 2.24) is 0 Å². The van der Waals surface area contributed by atoms with E-state index in [2.05, 4.69) is 78.9 Å². The van der Waals surface area contributed by atoms with E-state index in [1.165, 1.54) is 32.7 Å². The lowest BCUT2D eigenvalue weighted by molar-refractivity contribution is 1.66. The minimum Gasteiger partial charge on any atom is -0.0622 e. The van der Waals surface area contributed by atoms with E-state index in [0.717, 1.165) is 0 Å². The van der Waals surface area contributed by atoms with Crippen molar-refractivity contribution in [2.75, 3.05) is 0 Å². The second-order valence-corrected chi connectivity index (χ2v) is 4.98. The molecule has 4 aromatic carbocycles. The maximum Gasteiger partial charge on any atom is -0.00988 e. The first kappa shape index (κ1) is 11.2. The van der Waals surface area contributed by atoms with Gasteiger partial charge in [0.2, 0.25) is 0 Å². The van der Waals surface area contributed by atoms with E-state index in [4.69, 9.17) is 0 Å². The van der Waals surface area contributed by atoms with E-state index in [1.807, 2.05) is 6.07 Å². The van der Waals surface area contributed by atoms with Crippen molar-refractivity contribution >= 4 is 21.5 Å². The van der Waals surface area contributed by atoms with Crippen LogP contribution in [0.3, 0.4) is 0 Å². The Balaban J connectivity index is 2.19. The second kappa shape index (κ2) is 4.50. The third kappa shape index (κ3) is 1.70. The molecule has 0 heteroatoms. The fourth-order valence-corrected chi connectivity index (χ4v) is 2.84. The van der Waals surface area contributed by atoms with Gasteiger partial charge in [0, 0.05) is 0 Å². The maximum atomic E-state index is 3.19. The van der Waals surface area contributed by atoms with Crippen LogP contribution in [0.1, 0.15) is 0 Å². The van der Waals surface area contributed by atoms with Crippen LogP contribution < -0.4 is 0 Å². The highest BCUT2D eigenvalue weighted by molar-refractivity contribution is 6.13. The van der Waals surface area contributed by atoms with Gasteiger partial charge in [-0.1, -0.05) is 66.7 Å². The van der Waals surface area contributed by atoms with Crippen molar-refractivity contribution in [3.8, 4) is 11.1 Å². The number of rotatable bonds is 1. The molecule has 0 bridgehead atoms. The molecular formula is C20H13. The van der Waals surface area contributed by atoms with Crippen LogP contribution in [0, 0.1) is 6.07 Å². The molecule has 0 N–H and O–H groups in total. The average molecular weight is 253 g/mol. The first-order valence-corrected chi connectivity index (χ1v) is 6.80. The smallest absolute Gasteiger partial charge is 0.00988 e. The molecule has 0 saturated heterocycles. The summed E-state index contributed by atoms with van der Waals surface area (Å²) in [6.07, 6.45) is 0. The Hall–Kier alpha value is -2.60. The van der Waals surface area contributed by atoms with Crippen molar-refractivity contribution in [3.63, 3.8) is 0 Å². The van der Waals surface area contributed by atoms with Crippen LogP contribution in [0.5, 0.6) is 0 Å². The lowest BCUT2D eigenvalue weighted by atomic mass is 9.93. The molecule has 0 nitrogen and oxygen atoms in total. The van der Waals surface area contributed by atoms with Crippen LogP contribution in [0.25, 0.3) is 32.7 Å². The summed E-state index contributed by atoms with van der Waals surface area (Å²) in [5, 5.41) is 5.12. The topological polar surface area (TPSA) is 0 Å². The Kier molecular flexibility index (Phi) is 2.53. The van der Waals surface area contributed by atoms with Gasteiger partial charge in [0.1, 0.15) is 0 Å². The van der Waals surface area contributed by atoms with Crippen LogP contribution in [-0.2, 0) is 0 Å². The number of hydrogen-bond acceptors (Lipinski definition) is 0. The molecule has 1 radical (unpaired) electrons. The van der Waals surface area contributed by atoms with Gasteiger partial charge in [-0.05, 0) is 50.9 Å².